The first-order valence-electron chi connectivity index (χ1n) is 10.0. The zero-order valence-electron chi connectivity index (χ0n) is 16.4. The maximum atomic E-state index is 13.5. The molecular weight excluding hydrogens is 374 g/mol. The van der Waals surface area contributed by atoms with Crippen LogP contribution in [0.15, 0.2) is 29.4 Å². The van der Waals surface area contributed by atoms with E-state index in [2.05, 4.69) is 15.6 Å². The van der Waals surface area contributed by atoms with Gasteiger partial charge in [-0.25, -0.2) is 4.68 Å². The van der Waals surface area contributed by atoms with Crippen molar-refractivity contribution >= 4 is 17.7 Å². The van der Waals surface area contributed by atoms with E-state index in [-0.39, 0.29) is 17.2 Å². The molecule has 28 heavy (non-hydrogen) atoms. The number of hydrogen-bond donors (Lipinski definition) is 1. The van der Waals surface area contributed by atoms with Gasteiger partial charge in [-0.15, -0.1) is 10.2 Å². The second-order valence-corrected chi connectivity index (χ2v) is 8.36. The van der Waals surface area contributed by atoms with Gasteiger partial charge in [0.1, 0.15) is 16.8 Å². The topological polar surface area (TPSA) is 72.3 Å². The van der Waals surface area contributed by atoms with Crippen LogP contribution in [0.25, 0.3) is 0 Å². The first kappa shape index (κ1) is 19.1. The molecule has 7 nitrogen and oxygen atoms in total. The van der Waals surface area contributed by atoms with E-state index in [4.69, 9.17) is 4.74 Å². The number of carbonyl (C=O) groups is 1. The predicted molar refractivity (Wildman–Crippen MR) is 109 cm³/mol. The van der Waals surface area contributed by atoms with Crippen LogP contribution in [0.1, 0.15) is 50.0 Å². The van der Waals surface area contributed by atoms with E-state index < -0.39 is 0 Å². The zero-order chi connectivity index (χ0) is 19.5. The summed E-state index contributed by atoms with van der Waals surface area (Å²) in [5.41, 5.74) is 4.54. The van der Waals surface area contributed by atoms with Gasteiger partial charge in [-0.05, 0) is 44.4 Å². The number of carbonyl (C=O) groups excluding carboxylic acids is 1. The van der Waals surface area contributed by atoms with Crippen LogP contribution >= 0.6 is 11.8 Å². The van der Waals surface area contributed by atoms with Crippen molar-refractivity contribution < 1.29 is 9.53 Å². The maximum Gasteiger partial charge on any atom is 0.238 e. The number of aryl methyl sites for hydroxylation is 1. The minimum atomic E-state index is -0.271. The average Bonchev–Trinajstić information content (AvgIpc) is 2.92. The van der Waals surface area contributed by atoms with Gasteiger partial charge in [-0.3, -0.25) is 4.79 Å². The van der Waals surface area contributed by atoms with Gasteiger partial charge in [0, 0.05) is 13.1 Å². The standard InChI is InChI=1S/C20H27N5O2S/c1-3-27-16-10-8-15(9-11-16)17-18(19(26)24-12-6-4-5-7-13-24)28-20-22-21-14(2)25(20)23-17/h8-11,17-18,23H,3-7,12-13H2,1-2H3/t17-,18-/m1/s1. The van der Waals surface area contributed by atoms with E-state index in [1.165, 1.54) is 24.6 Å². The third-order valence-electron chi connectivity index (χ3n) is 5.31. The first-order chi connectivity index (χ1) is 13.7. The molecule has 1 aromatic carbocycles. The molecule has 2 atom stereocenters. The molecule has 2 aliphatic heterocycles. The van der Waals surface area contributed by atoms with Gasteiger partial charge in [-0.2, -0.15) is 0 Å². The van der Waals surface area contributed by atoms with Crippen molar-refractivity contribution in [2.75, 3.05) is 25.1 Å². The first-order valence-corrected chi connectivity index (χ1v) is 10.9. The minimum Gasteiger partial charge on any atom is -0.494 e. The second kappa shape index (κ2) is 8.43. The lowest BCUT2D eigenvalue weighted by atomic mass is 10.0. The number of thioether (sulfide) groups is 1. The quantitative estimate of drug-likeness (QED) is 0.849. The highest BCUT2D eigenvalue weighted by Gasteiger charge is 2.39. The van der Waals surface area contributed by atoms with Crippen LogP contribution in [0.4, 0.5) is 0 Å². The van der Waals surface area contributed by atoms with Crippen molar-refractivity contribution in [2.24, 2.45) is 0 Å². The Morgan fingerprint density at radius 2 is 1.89 bits per heavy atom. The summed E-state index contributed by atoms with van der Waals surface area (Å²) in [6, 6.07) is 7.85. The molecule has 1 aromatic heterocycles. The molecule has 1 fully saturated rings. The fourth-order valence-electron chi connectivity index (χ4n) is 3.81. The lowest BCUT2D eigenvalue weighted by Crippen LogP contribution is -2.46. The van der Waals surface area contributed by atoms with Crippen LogP contribution in [0, 0.1) is 6.92 Å². The molecular formula is C20H27N5O2S. The summed E-state index contributed by atoms with van der Waals surface area (Å²) >= 11 is 1.51. The third-order valence-corrected chi connectivity index (χ3v) is 6.51. The van der Waals surface area contributed by atoms with Crippen LogP contribution in [-0.4, -0.2) is 50.6 Å². The van der Waals surface area contributed by atoms with Crippen molar-refractivity contribution in [1.82, 2.24) is 19.8 Å². The zero-order valence-corrected chi connectivity index (χ0v) is 17.2. The monoisotopic (exact) mass is 401 g/mol. The summed E-state index contributed by atoms with van der Waals surface area (Å²) in [7, 11) is 0. The number of amides is 1. The number of rotatable bonds is 4. The van der Waals surface area contributed by atoms with E-state index in [9.17, 15) is 4.79 Å². The van der Waals surface area contributed by atoms with Crippen molar-refractivity contribution in [3.8, 4) is 5.75 Å². The van der Waals surface area contributed by atoms with E-state index in [0.717, 1.165) is 48.2 Å². The highest BCUT2D eigenvalue weighted by atomic mass is 32.2. The summed E-state index contributed by atoms with van der Waals surface area (Å²) in [5.74, 6) is 1.82. The Labute approximate surface area is 169 Å². The SMILES string of the molecule is CCOc1ccc([C@H]2Nn3c(C)nnc3S[C@H]2C(=O)N2CCCCCC2)cc1. The van der Waals surface area contributed by atoms with Crippen molar-refractivity contribution in [2.45, 2.75) is 56.0 Å². The summed E-state index contributed by atoms with van der Waals surface area (Å²) in [6.07, 6.45) is 4.57. The van der Waals surface area contributed by atoms with Gasteiger partial charge in [0.15, 0.2) is 0 Å². The Balaban J connectivity index is 1.63. The number of hydrogen-bond acceptors (Lipinski definition) is 6. The summed E-state index contributed by atoms with van der Waals surface area (Å²) in [5, 5.41) is 8.88. The molecule has 0 aliphatic carbocycles. The molecule has 0 spiro atoms. The highest BCUT2D eigenvalue weighted by molar-refractivity contribution is 8.00. The predicted octanol–water partition coefficient (Wildman–Crippen LogP) is 3.15. The molecule has 2 aliphatic rings. The normalized spacial score (nSPS) is 22.1. The molecule has 0 unspecified atom stereocenters. The van der Waals surface area contributed by atoms with Crippen LogP contribution in [-0.2, 0) is 4.79 Å². The van der Waals surface area contributed by atoms with Crippen molar-refractivity contribution in [3.05, 3.63) is 35.7 Å². The van der Waals surface area contributed by atoms with Crippen LogP contribution < -0.4 is 10.2 Å². The number of benzene rings is 1. The Bertz CT molecular complexity index is 815. The van der Waals surface area contributed by atoms with Gasteiger partial charge in [-0.1, -0.05) is 36.7 Å². The second-order valence-electron chi connectivity index (χ2n) is 7.25. The number of aromatic nitrogens is 3. The number of nitrogens with one attached hydrogen (secondary N) is 1. The van der Waals surface area contributed by atoms with E-state index in [1.807, 2.05) is 47.7 Å². The average molecular weight is 402 g/mol. The summed E-state index contributed by atoms with van der Waals surface area (Å²) in [6.45, 7) is 6.21. The van der Waals surface area contributed by atoms with Gasteiger partial charge >= 0.3 is 0 Å². The molecule has 0 radical (unpaired) electrons. The lowest BCUT2D eigenvalue weighted by molar-refractivity contribution is -0.131. The number of likely N-dealkylation sites (tertiary alicyclic amines) is 1. The van der Waals surface area contributed by atoms with Gasteiger partial charge < -0.3 is 15.1 Å². The van der Waals surface area contributed by atoms with Crippen LogP contribution in [0.5, 0.6) is 5.75 Å². The molecule has 8 heteroatoms. The Kier molecular flexibility index (Phi) is 5.75. The minimum absolute atomic E-state index is 0.154. The molecule has 3 heterocycles. The van der Waals surface area contributed by atoms with E-state index in [1.54, 1.807) is 0 Å². The summed E-state index contributed by atoms with van der Waals surface area (Å²) in [4.78, 5) is 15.5. The van der Waals surface area contributed by atoms with E-state index >= 15 is 0 Å². The smallest absolute Gasteiger partial charge is 0.238 e. The van der Waals surface area contributed by atoms with Crippen LogP contribution in [0.2, 0.25) is 0 Å². The number of nitrogens with zero attached hydrogens (tertiary/aromatic N) is 4. The molecule has 0 bridgehead atoms. The van der Waals surface area contributed by atoms with Crippen LogP contribution in [0.3, 0.4) is 0 Å². The largest absolute Gasteiger partial charge is 0.494 e. The molecule has 1 amide bonds. The van der Waals surface area contributed by atoms with Gasteiger partial charge in [0.25, 0.3) is 0 Å². The summed E-state index contributed by atoms with van der Waals surface area (Å²) < 4.78 is 7.46. The van der Waals surface area contributed by atoms with Crippen molar-refractivity contribution in [1.29, 1.82) is 0 Å². The molecule has 1 saturated heterocycles. The maximum absolute atomic E-state index is 13.5. The molecule has 0 saturated carbocycles. The Morgan fingerprint density at radius 3 is 2.57 bits per heavy atom. The molecule has 2 aromatic rings. The number of fused-ring (bicyclic) bond motifs is 1. The van der Waals surface area contributed by atoms with Crippen molar-refractivity contribution in [3.63, 3.8) is 0 Å². The number of ether oxygens (including phenoxy) is 1. The van der Waals surface area contributed by atoms with Gasteiger partial charge in [0.05, 0.1) is 12.6 Å². The highest BCUT2D eigenvalue weighted by Crippen LogP contribution is 2.38. The van der Waals surface area contributed by atoms with E-state index in [0.29, 0.717) is 6.61 Å². The Morgan fingerprint density at radius 1 is 1.18 bits per heavy atom. The fraction of sp³-hybridized carbons (Fsp3) is 0.550. The third kappa shape index (κ3) is 3.83. The molecule has 150 valence electrons. The Hall–Kier alpha value is -2.22. The molecule has 4 rings (SSSR count). The molecule has 1 N–H and O–H groups in total. The van der Waals surface area contributed by atoms with Gasteiger partial charge in [0.2, 0.25) is 11.1 Å². The fourth-order valence-corrected chi connectivity index (χ4v) is 5.02. The lowest BCUT2D eigenvalue weighted by Gasteiger charge is -2.35.